The molecule has 1 atom stereocenters. The summed E-state index contributed by atoms with van der Waals surface area (Å²) in [6.07, 6.45) is 5.17. The summed E-state index contributed by atoms with van der Waals surface area (Å²) < 4.78 is 0. The number of carbonyl (C=O) groups is 1. The van der Waals surface area contributed by atoms with Crippen molar-refractivity contribution in [3.63, 3.8) is 0 Å². The number of aromatic nitrogens is 1. The molecule has 1 N–H and O–H groups in total. The molecule has 1 aromatic carbocycles. The molecule has 1 saturated carbocycles. The van der Waals surface area contributed by atoms with Crippen LogP contribution in [-0.2, 0) is 10.2 Å². The Morgan fingerprint density at radius 3 is 2.95 bits per heavy atom. The van der Waals surface area contributed by atoms with Gasteiger partial charge in [-0.1, -0.05) is 36.8 Å². The summed E-state index contributed by atoms with van der Waals surface area (Å²) in [4.78, 5) is 18.0. The summed E-state index contributed by atoms with van der Waals surface area (Å²) >= 11 is 5.61. The number of likely N-dealkylation sites (N-methyl/N-ethyl adjacent to an activating group) is 1. The molecule has 0 spiro atoms. The summed E-state index contributed by atoms with van der Waals surface area (Å²) in [5.74, 6) is 0.224. The lowest BCUT2D eigenvalue weighted by Gasteiger charge is -2.36. The molecule has 0 radical (unpaired) electrons. The molecule has 1 unspecified atom stereocenters. The second kappa shape index (κ2) is 6.13. The van der Waals surface area contributed by atoms with E-state index in [4.69, 9.17) is 12.2 Å². The van der Waals surface area contributed by atoms with Crippen molar-refractivity contribution in [3.05, 3.63) is 42.1 Å². The van der Waals surface area contributed by atoms with Crippen LogP contribution in [0.15, 0.2) is 36.5 Å². The number of pyridine rings is 1. The lowest BCUT2D eigenvalue weighted by atomic mass is 9.68. The highest BCUT2D eigenvalue weighted by atomic mass is 32.1. The number of ketones is 1. The summed E-state index contributed by atoms with van der Waals surface area (Å²) in [6.45, 7) is 2.74. The standard InChI is InChI=1S/C18H20N2OS/c1-2-19-17(22)18(10-6-5-9-16(18)21)14-11-13-7-3-4-8-15(13)20-12-14/h3-4,7-8,11-12H,2,5-6,9-10H2,1H3,(H,19,22). The largest absolute Gasteiger partial charge is 0.379 e. The molecule has 2 aromatic rings. The van der Waals surface area contributed by atoms with Gasteiger partial charge >= 0.3 is 0 Å². The van der Waals surface area contributed by atoms with Crippen LogP contribution in [0.2, 0.25) is 0 Å². The molecule has 0 aliphatic heterocycles. The predicted octanol–water partition coefficient (Wildman–Crippen LogP) is 3.55. The summed E-state index contributed by atoms with van der Waals surface area (Å²) in [5.41, 5.74) is 1.18. The van der Waals surface area contributed by atoms with Gasteiger partial charge in [0.25, 0.3) is 0 Å². The van der Waals surface area contributed by atoms with E-state index in [1.54, 1.807) is 0 Å². The van der Waals surface area contributed by atoms with E-state index in [0.29, 0.717) is 11.4 Å². The quantitative estimate of drug-likeness (QED) is 0.880. The van der Waals surface area contributed by atoms with E-state index < -0.39 is 5.41 Å². The molecule has 22 heavy (non-hydrogen) atoms. The van der Waals surface area contributed by atoms with Crippen LogP contribution in [-0.4, -0.2) is 22.3 Å². The van der Waals surface area contributed by atoms with Crippen molar-refractivity contribution in [2.75, 3.05) is 6.54 Å². The number of Topliss-reactive ketones (excluding diaryl/α,β-unsaturated/α-hetero) is 1. The maximum Gasteiger partial charge on any atom is 0.150 e. The van der Waals surface area contributed by atoms with E-state index in [1.807, 2.05) is 37.4 Å². The summed E-state index contributed by atoms with van der Waals surface area (Å²) in [7, 11) is 0. The van der Waals surface area contributed by atoms with Crippen molar-refractivity contribution in [3.8, 4) is 0 Å². The van der Waals surface area contributed by atoms with E-state index in [2.05, 4.69) is 16.4 Å². The predicted molar refractivity (Wildman–Crippen MR) is 93.2 cm³/mol. The second-order valence-electron chi connectivity index (χ2n) is 5.81. The number of para-hydroxylation sites is 1. The monoisotopic (exact) mass is 312 g/mol. The number of fused-ring (bicyclic) bond motifs is 1. The normalized spacial score (nSPS) is 21.8. The Bertz CT molecular complexity index is 728. The minimum atomic E-state index is -0.694. The Morgan fingerprint density at radius 2 is 2.18 bits per heavy atom. The third kappa shape index (κ3) is 2.41. The molecule has 3 rings (SSSR count). The number of hydrogen-bond donors (Lipinski definition) is 1. The molecular weight excluding hydrogens is 292 g/mol. The molecular formula is C18H20N2OS. The topological polar surface area (TPSA) is 42.0 Å². The van der Waals surface area contributed by atoms with Crippen LogP contribution in [0.25, 0.3) is 10.9 Å². The van der Waals surface area contributed by atoms with Gasteiger partial charge < -0.3 is 5.32 Å². The van der Waals surface area contributed by atoms with Gasteiger partial charge in [0.15, 0.2) is 0 Å². The first-order chi connectivity index (χ1) is 10.7. The van der Waals surface area contributed by atoms with Crippen LogP contribution >= 0.6 is 12.2 Å². The van der Waals surface area contributed by atoms with Gasteiger partial charge in [-0.05, 0) is 37.5 Å². The average molecular weight is 312 g/mol. The van der Waals surface area contributed by atoms with E-state index in [0.717, 1.165) is 42.3 Å². The van der Waals surface area contributed by atoms with Crippen molar-refractivity contribution in [1.29, 1.82) is 0 Å². The van der Waals surface area contributed by atoms with Crippen molar-refractivity contribution in [2.45, 2.75) is 38.0 Å². The smallest absolute Gasteiger partial charge is 0.150 e. The van der Waals surface area contributed by atoms with Crippen LogP contribution in [0, 0.1) is 0 Å². The van der Waals surface area contributed by atoms with Crippen LogP contribution in [0.3, 0.4) is 0 Å². The minimum absolute atomic E-state index is 0.224. The molecule has 1 aliphatic carbocycles. The number of nitrogens with one attached hydrogen (secondary N) is 1. The van der Waals surface area contributed by atoms with Gasteiger partial charge in [-0.15, -0.1) is 0 Å². The Kier molecular flexibility index (Phi) is 4.21. The molecule has 0 bridgehead atoms. The van der Waals surface area contributed by atoms with Gasteiger partial charge in [0.05, 0.1) is 10.5 Å². The zero-order valence-electron chi connectivity index (χ0n) is 12.8. The Morgan fingerprint density at radius 1 is 1.36 bits per heavy atom. The Balaban J connectivity index is 2.14. The van der Waals surface area contributed by atoms with Crippen molar-refractivity contribution in [2.24, 2.45) is 0 Å². The van der Waals surface area contributed by atoms with Crippen molar-refractivity contribution < 1.29 is 4.79 Å². The highest BCUT2D eigenvalue weighted by molar-refractivity contribution is 7.80. The van der Waals surface area contributed by atoms with Crippen molar-refractivity contribution in [1.82, 2.24) is 10.3 Å². The number of hydrogen-bond acceptors (Lipinski definition) is 3. The fourth-order valence-electron chi connectivity index (χ4n) is 3.32. The minimum Gasteiger partial charge on any atom is -0.379 e. The third-order valence-corrected chi connectivity index (χ3v) is 4.98. The summed E-state index contributed by atoms with van der Waals surface area (Å²) in [5, 5.41) is 4.27. The first kappa shape index (κ1) is 15.1. The van der Waals surface area contributed by atoms with Crippen LogP contribution in [0.4, 0.5) is 0 Å². The van der Waals surface area contributed by atoms with Gasteiger partial charge in [0.2, 0.25) is 0 Å². The molecule has 0 amide bonds. The second-order valence-corrected chi connectivity index (χ2v) is 6.22. The average Bonchev–Trinajstić information content (AvgIpc) is 2.55. The maximum absolute atomic E-state index is 12.8. The molecule has 4 heteroatoms. The fourth-order valence-corrected chi connectivity index (χ4v) is 3.80. The third-order valence-electron chi connectivity index (χ3n) is 4.49. The maximum atomic E-state index is 12.8. The molecule has 1 heterocycles. The number of carbonyl (C=O) groups excluding carboxylic acids is 1. The van der Waals surface area contributed by atoms with Crippen LogP contribution in [0.1, 0.15) is 38.2 Å². The zero-order valence-corrected chi connectivity index (χ0v) is 13.6. The highest BCUT2D eigenvalue weighted by Crippen LogP contribution is 2.38. The van der Waals surface area contributed by atoms with E-state index >= 15 is 0 Å². The van der Waals surface area contributed by atoms with Gasteiger partial charge in [0, 0.05) is 24.5 Å². The van der Waals surface area contributed by atoms with E-state index in [1.165, 1.54) is 0 Å². The van der Waals surface area contributed by atoms with E-state index in [-0.39, 0.29) is 5.78 Å². The molecule has 3 nitrogen and oxygen atoms in total. The lowest BCUT2D eigenvalue weighted by molar-refractivity contribution is -0.123. The highest BCUT2D eigenvalue weighted by Gasteiger charge is 2.45. The van der Waals surface area contributed by atoms with Gasteiger partial charge in [-0.2, -0.15) is 0 Å². The van der Waals surface area contributed by atoms with Crippen LogP contribution in [0.5, 0.6) is 0 Å². The number of nitrogens with zero attached hydrogens (tertiary/aromatic N) is 1. The van der Waals surface area contributed by atoms with E-state index in [9.17, 15) is 4.79 Å². The van der Waals surface area contributed by atoms with Crippen LogP contribution < -0.4 is 5.32 Å². The molecule has 0 saturated heterocycles. The first-order valence-corrected chi connectivity index (χ1v) is 8.26. The first-order valence-electron chi connectivity index (χ1n) is 7.85. The van der Waals surface area contributed by atoms with Crippen molar-refractivity contribution >= 4 is 33.9 Å². The Labute approximate surface area is 136 Å². The number of benzene rings is 1. The fraction of sp³-hybridized carbons (Fsp3) is 0.389. The van der Waals surface area contributed by atoms with Gasteiger partial charge in [-0.25, -0.2) is 0 Å². The molecule has 114 valence electrons. The summed E-state index contributed by atoms with van der Waals surface area (Å²) in [6, 6.07) is 10.1. The number of rotatable bonds is 3. The molecule has 1 aliphatic rings. The van der Waals surface area contributed by atoms with Gasteiger partial charge in [-0.3, -0.25) is 9.78 Å². The SMILES string of the molecule is CCNC(=S)C1(c2cnc3ccccc3c2)CCCCC1=O. The lowest BCUT2D eigenvalue weighted by Crippen LogP contribution is -2.50. The molecule has 1 aromatic heterocycles. The zero-order chi connectivity index (χ0) is 15.6. The number of thiocarbonyl (C=S) groups is 1. The Hall–Kier alpha value is -1.81. The molecule has 1 fully saturated rings. The van der Waals surface area contributed by atoms with Gasteiger partial charge in [0.1, 0.15) is 11.2 Å².